The first-order valence-electron chi connectivity index (χ1n) is 10.3. The second-order valence-corrected chi connectivity index (χ2v) is 7.45. The molecule has 2 aromatic rings. The first-order chi connectivity index (χ1) is 14.3. The number of methoxy groups -OCH3 is 1. The summed E-state index contributed by atoms with van der Waals surface area (Å²) in [5.41, 5.74) is 2.86. The molecule has 0 aliphatic carbocycles. The molecule has 0 unspecified atom stereocenters. The van der Waals surface area contributed by atoms with Crippen LogP contribution >= 0.6 is 24.0 Å². The predicted octanol–water partition coefficient (Wildman–Crippen LogP) is 3.00. The Morgan fingerprint density at radius 2 is 2.06 bits per heavy atom. The van der Waals surface area contributed by atoms with Gasteiger partial charge in [0.05, 0.1) is 19.3 Å². The Balaban J connectivity index is 0.00000480. The van der Waals surface area contributed by atoms with Crippen LogP contribution in [0, 0.1) is 0 Å². The summed E-state index contributed by atoms with van der Waals surface area (Å²) < 4.78 is 7.02. The molecule has 0 aliphatic rings. The number of hydrogen-bond donors (Lipinski definition) is 2. The van der Waals surface area contributed by atoms with Gasteiger partial charge < -0.3 is 20.3 Å². The lowest BCUT2D eigenvalue weighted by atomic mass is 10.1. The maximum absolute atomic E-state index is 12.3. The number of benzene rings is 1. The fourth-order valence-electron chi connectivity index (χ4n) is 3.16. The third-order valence-electron chi connectivity index (χ3n) is 4.58. The number of guanidine groups is 1. The molecule has 1 amide bonds. The van der Waals surface area contributed by atoms with Crippen LogP contribution in [0.4, 0.5) is 0 Å². The van der Waals surface area contributed by atoms with Crippen molar-refractivity contribution < 1.29 is 9.53 Å². The van der Waals surface area contributed by atoms with E-state index in [0.29, 0.717) is 36.9 Å². The molecule has 9 heteroatoms. The van der Waals surface area contributed by atoms with Gasteiger partial charge in [-0.1, -0.05) is 19.9 Å². The monoisotopic (exact) mass is 542 g/mol. The summed E-state index contributed by atoms with van der Waals surface area (Å²) in [6, 6.07) is 7.09. The summed E-state index contributed by atoms with van der Waals surface area (Å²) in [5.74, 6) is 1.68. The standard InChI is InChI=1S/C22H34N6O2.HI/c1-7-23-22(27(4)14-18-15-28(5)26-20(18)16(2)3)25-12-11-24-21(29)17-9-8-10-19(13-17)30-6;/h8-10,13,15-16H,7,11-12,14H2,1-6H3,(H,23,25)(H,24,29);1H. The summed E-state index contributed by atoms with van der Waals surface area (Å²) >= 11 is 0. The molecule has 0 fully saturated rings. The molecule has 0 saturated heterocycles. The van der Waals surface area contributed by atoms with E-state index >= 15 is 0 Å². The van der Waals surface area contributed by atoms with Crippen LogP contribution < -0.4 is 15.4 Å². The lowest BCUT2D eigenvalue weighted by Gasteiger charge is -2.22. The molecule has 172 valence electrons. The van der Waals surface area contributed by atoms with Crippen LogP contribution in [-0.4, -0.2) is 60.3 Å². The molecule has 1 heterocycles. The van der Waals surface area contributed by atoms with Crippen molar-refractivity contribution in [2.24, 2.45) is 12.0 Å². The molecular formula is C22H35IN6O2. The van der Waals surface area contributed by atoms with Crippen LogP contribution in [0.1, 0.15) is 48.3 Å². The van der Waals surface area contributed by atoms with Crippen molar-refractivity contribution in [2.45, 2.75) is 33.2 Å². The van der Waals surface area contributed by atoms with Crippen molar-refractivity contribution in [3.05, 3.63) is 47.3 Å². The minimum Gasteiger partial charge on any atom is -0.497 e. The lowest BCUT2D eigenvalue weighted by molar-refractivity contribution is 0.0954. The normalized spacial score (nSPS) is 11.1. The first kappa shape index (κ1) is 26.7. The average Bonchev–Trinajstić information content (AvgIpc) is 3.10. The molecule has 31 heavy (non-hydrogen) atoms. The zero-order valence-corrected chi connectivity index (χ0v) is 21.6. The second kappa shape index (κ2) is 13.2. The molecule has 0 bridgehead atoms. The van der Waals surface area contributed by atoms with Crippen LogP contribution in [-0.2, 0) is 13.6 Å². The quantitative estimate of drug-likeness (QED) is 0.220. The van der Waals surface area contributed by atoms with Crippen molar-refractivity contribution in [3.8, 4) is 5.75 Å². The number of aliphatic imine (C=N–C) groups is 1. The molecule has 1 aromatic heterocycles. The number of amides is 1. The molecule has 1 aromatic carbocycles. The second-order valence-electron chi connectivity index (χ2n) is 7.45. The van der Waals surface area contributed by atoms with E-state index in [9.17, 15) is 4.79 Å². The van der Waals surface area contributed by atoms with E-state index in [0.717, 1.165) is 18.2 Å². The zero-order valence-electron chi connectivity index (χ0n) is 19.3. The zero-order chi connectivity index (χ0) is 22.1. The van der Waals surface area contributed by atoms with Crippen LogP contribution in [0.5, 0.6) is 5.75 Å². The van der Waals surface area contributed by atoms with E-state index in [1.807, 2.05) is 31.8 Å². The van der Waals surface area contributed by atoms with Crippen LogP contribution in [0.3, 0.4) is 0 Å². The molecule has 2 rings (SSSR count). The van der Waals surface area contributed by atoms with E-state index in [4.69, 9.17) is 4.74 Å². The van der Waals surface area contributed by atoms with Gasteiger partial charge in [0.1, 0.15) is 5.75 Å². The number of carbonyl (C=O) groups is 1. The van der Waals surface area contributed by atoms with Crippen LogP contribution in [0.25, 0.3) is 0 Å². The van der Waals surface area contributed by atoms with Gasteiger partial charge in [0.25, 0.3) is 5.91 Å². The number of rotatable bonds is 9. The summed E-state index contributed by atoms with van der Waals surface area (Å²) in [7, 11) is 5.53. The molecule has 0 radical (unpaired) electrons. The number of aryl methyl sites for hydroxylation is 1. The number of nitrogens with one attached hydrogen (secondary N) is 2. The smallest absolute Gasteiger partial charge is 0.251 e. The number of aromatic nitrogens is 2. The Morgan fingerprint density at radius 1 is 1.32 bits per heavy atom. The maximum Gasteiger partial charge on any atom is 0.251 e. The van der Waals surface area contributed by atoms with Gasteiger partial charge in [0, 0.05) is 51.1 Å². The minimum atomic E-state index is -0.139. The first-order valence-corrected chi connectivity index (χ1v) is 10.3. The highest BCUT2D eigenvalue weighted by atomic mass is 127. The Kier molecular flexibility index (Phi) is 11.4. The number of carbonyl (C=O) groups excluding carboxylic acids is 1. The highest BCUT2D eigenvalue weighted by Gasteiger charge is 2.15. The van der Waals surface area contributed by atoms with Gasteiger partial charge in [-0.25, -0.2) is 0 Å². The predicted molar refractivity (Wildman–Crippen MR) is 135 cm³/mol. The summed E-state index contributed by atoms with van der Waals surface area (Å²) in [4.78, 5) is 19.0. The molecular weight excluding hydrogens is 507 g/mol. The van der Waals surface area contributed by atoms with Gasteiger partial charge in [-0.15, -0.1) is 24.0 Å². The van der Waals surface area contributed by atoms with Gasteiger partial charge >= 0.3 is 0 Å². The molecule has 0 saturated carbocycles. The number of halogens is 1. The van der Waals surface area contributed by atoms with Gasteiger partial charge in [0.2, 0.25) is 0 Å². The summed E-state index contributed by atoms with van der Waals surface area (Å²) in [5, 5.41) is 10.8. The van der Waals surface area contributed by atoms with E-state index in [2.05, 4.69) is 45.7 Å². The molecule has 0 atom stereocenters. The lowest BCUT2D eigenvalue weighted by Crippen LogP contribution is -2.39. The largest absolute Gasteiger partial charge is 0.497 e. The van der Waals surface area contributed by atoms with E-state index in [1.54, 1.807) is 25.3 Å². The van der Waals surface area contributed by atoms with Gasteiger partial charge in [-0.2, -0.15) is 5.10 Å². The third-order valence-corrected chi connectivity index (χ3v) is 4.58. The van der Waals surface area contributed by atoms with Crippen LogP contribution in [0.15, 0.2) is 35.5 Å². The van der Waals surface area contributed by atoms with Crippen molar-refractivity contribution in [1.82, 2.24) is 25.3 Å². The SMILES string of the molecule is CCNC(=NCCNC(=O)c1cccc(OC)c1)N(C)Cc1cn(C)nc1C(C)C.I. The fraction of sp³-hybridized carbons (Fsp3) is 0.500. The summed E-state index contributed by atoms with van der Waals surface area (Å²) in [6.45, 7) is 8.74. The minimum absolute atomic E-state index is 0. The molecule has 8 nitrogen and oxygen atoms in total. The maximum atomic E-state index is 12.3. The average molecular weight is 542 g/mol. The van der Waals surface area contributed by atoms with Gasteiger partial charge in [0.15, 0.2) is 5.96 Å². The van der Waals surface area contributed by atoms with Crippen molar-refractivity contribution in [3.63, 3.8) is 0 Å². The molecule has 0 aliphatic heterocycles. The number of hydrogen-bond acceptors (Lipinski definition) is 4. The van der Waals surface area contributed by atoms with Crippen LogP contribution in [0.2, 0.25) is 0 Å². The fourth-order valence-corrected chi connectivity index (χ4v) is 3.16. The topological polar surface area (TPSA) is 83.8 Å². The Labute approximate surface area is 202 Å². The van der Waals surface area contributed by atoms with E-state index in [-0.39, 0.29) is 29.9 Å². The number of nitrogens with zero attached hydrogens (tertiary/aromatic N) is 4. The van der Waals surface area contributed by atoms with E-state index < -0.39 is 0 Å². The Bertz CT molecular complexity index is 865. The molecule has 0 spiro atoms. The number of ether oxygens (including phenoxy) is 1. The highest BCUT2D eigenvalue weighted by molar-refractivity contribution is 14.0. The van der Waals surface area contributed by atoms with Crippen molar-refractivity contribution in [1.29, 1.82) is 0 Å². The Morgan fingerprint density at radius 3 is 2.71 bits per heavy atom. The molecule has 2 N–H and O–H groups in total. The van der Waals surface area contributed by atoms with Gasteiger partial charge in [-0.3, -0.25) is 14.5 Å². The summed E-state index contributed by atoms with van der Waals surface area (Å²) in [6.07, 6.45) is 2.06. The van der Waals surface area contributed by atoms with Crippen molar-refractivity contribution >= 4 is 35.8 Å². The van der Waals surface area contributed by atoms with E-state index in [1.165, 1.54) is 5.56 Å². The third kappa shape index (κ3) is 8.04. The van der Waals surface area contributed by atoms with Gasteiger partial charge in [-0.05, 0) is 31.0 Å². The highest BCUT2D eigenvalue weighted by Crippen LogP contribution is 2.18. The Hall–Kier alpha value is -2.30. The van der Waals surface area contributed by atoms with Crippen molar-refractivity contribution in [2.75, 3.05) is 33.8 Å².